The number of carbonyl (C=O) groups is 3. The van der Waals surface area contributed by atoms with E-state index in [1.807, 2.05) is 0 Å². The van der Waals surface area contributed by atoms with Gasteiger partial charge in [0.25, 0.3) is 5.91 Å². The van der Waals surface area contributed by atoms with Crippen LogP contribution in [0.1, 0.15) is 23.2 Å². The van der Waals surface area contributed by atoms with Gasteiger partial charge >= 0.3 is 6.03 Å². The fourth-order valence-electron chi connectivity index (χ4n) is 2.73. The van der Waals surface area contributed by atoms with Crippen LogP contribution in [0.15, 0.2) is 24.3 Å². The van der Waals surface area contributed by atoms with Crippen LogP contribution >= 0.6 is 0 Å². The molecule has 0 unspecified atom stereocenters. The highest BCUT2D eigenvalue weighted by Crippen LogP contribution is 2.16. The first-order chi connectivity index (χ1) is 12.1. The van der Waals surface area contributed by atoms with Crippen LogP contribution in [0.3, 0.4) is 0 Å². The number of hydrogen-bond donors (Lipinski definition) is 2. The molecule has 2 fully saturated rings. The molecule has 0 saturated carbocycles. The first-order valence-electron chi connectivity index (χ1n) is 8.34. The number of rotatable bonds is 7. The van der Waals surface area contributed by atoms with Gasteiger partial charge in [-0.1, -0.05) is 0 Å². The Morgan fingerprint density at radius 1 is 1.32 bits per heavy atom. The van der Waals surface area contributed by atoms with E-state index in [4.69, 9.17) is 9.47 Å². The van der Waals surface area contributed by atoms with Crippen LogP contribution < -0.4 is 15.4 Å². The van der Waals surface area contributed by atoms with E-state index in [-0.39, 0.29) is 37.6 Å². The van der Waals surface area contributed by atoms with Crippen LogP contribution in [-0.4, -0.2) is 61.7 Å². The van der Waals surface area contributed by atoms with Crippen LogP contribution in [0, 0.1) is 0 Å². The smallest absolute Gasteiger partial charge is 0.324 e. The van der Waals surface area contributed by atoms with Gasteiger partial charge in [0.15, 0.2) is 0 Å². The molecule has 1 aromatic carbocycles. The first-order valence-corrected chi connectivity index (χ1v) is 8.34. The SMILES string of the molecule is O=C(NCCN1C(=O)CNC1=O)c1ccc(OC[C@H]2CCCO2)cc1. The van der Waals surface area contributed by atoms with Gasteiger partial charge in [-0.05, 0) is 37.1 Å². The maximum absolute atomic E-state index is 12.1. The summed E-state index contributed by atoms with van der Waals surface area (Å²) in [6, 6.07) is 6.40. The van der Waals surface area contributed by atoms with E-state index >= 15 is 0 Å². The summed E-state index contributed by atoms with van der Waals surface area (Å²) in [4.78, 5) is 36.0. The zero-order chi connectivity index (χ0) is 17.6. The first kappa shape index (κ1) is 17.2. The number of ether oxygens (including phenoxy) is 2. The zero-order valence-corrected chi connectivity index (χ0v) is 13.8. The zero-order valence-electron chi connectivity index (χ0n) is 13.8. The number of imide groups is 1. The molecule has 2 saturated heterocycles. The van der Waals surface area contributed by atoms with Gasteiger partial charge in [0.05, 0.1) is 12.6 Å². The van der Waals surface area contributed by atoms with Crippen molar-refractivity contribution >= 4 is 17.8 Å². The second-order valence-electron chi connectivity index (χ2n) is 5.93. The van der Waals surface area contributed by atoms with E-state index < -0.39 is 6.03 Å². The molecule has 134 valence electrons. The Balaban J connectivity index is 1.42. The quantitative estimate of drug-likeness (QED) is 0.701. The number of amides is 4. The normalized spacial score (nSPS) is 19.8. The van der Waals surface area contributed by atoms with Crippen LogP contribution in [-0.2, 0) is 9.53 Å². The van der Waals surface area contributed by atoms with Crippen molar-refractivity contribution in [2.24, 2.45) is 0 Å². The number of nitrogens with zero attached hydrogens (tertiary/aromatic N) is 1. The maximum Gasteiger partial charge on any atom is 0.324 e. The molecule has 0 bridgehead atoms. The van der Waals surface area contributed by atoms with Gasteiger partial charge in [0, 0.05) is 25.3 Å². The summed E-state index contributed by atoms with van der Waals surface area (Å²) in [5, 5.41) is 5.12. The molecule has 2 heterocycles. The monoisotopic (exact) mass is 347 g/mol. The molecule has 3 rings (SSSR count). The van der Waals surface area contributed by atoms with Gasteiger partial charge in [0.1, 0.15) is 12.4 Å². The lowest BCUT2D eigenvalue weighted by Crippen LogP contribution is -2.38. The van der Waals surface area contributed by atoms with Gasteiger partial charge in [0.2, 0.25) is 5.91 Å². The molecule has 0 aromatic heterocycles. The lowest BCUT2D eigenvalue weighted by molar-refractivity contribution is -0.124. The Morgan fingerprint density at radius 3 is 2.76 bits per heavy atom. The second-order valence-corrected chi connectivity index (χ2v) is 5.93. The average Bonchev–Trinajstić information content (AvgIpc) is 3.25. The van der Waals surface area contributed by atoms with Gasteiger partial charge in [-0.3, -0.25) is 14.5 Å². The maximum atomic E-state index is 12.1. The molecule has 1 aromatic rings. The van der Waals surface area contributed by atoms with Crippen LogP contribution in [0.4, 0.5) is 4.79 Å². The molecule has 2 N–H and O–H groups in total. The summed E-state index contributed by atoms with van der Waals surface area (Å²) in [5.41, 5.74) is 0.488. The van der Waals surface area contributed by atoms with E-state index in [1.54, 1.807) is 24.3 Å². The van der Waals surface area contributed by atoms with E-state index in [0.717, 1.165) is 24.3 Å². The van der Waals surface area contributed by atoms with Crippen molar-refractivity contribution in [3.05, 3.63) is 29.8 Å². The molecule has 2 aliphatic rings. The van der Waals surface area contributed by atoms with Crippen molar-refractivity contribution in [2.75, 3.05) is 32.8 Å². The number of urea groups is 1. The van der Waals surface area contributed by atoms with E-state index in [9.17, 15) is 14.4 Å². The Kier molecular flexibility index (Phi) is 5.49. The molecule has 0 aliphatic carbocycles. The van der Waals surface area contributed by atoms with Crippen LogP contribution in [0.5, 0.6) is 5.75 Å². The van der Waals surface area contributed by atoms with Crippen LogP contribution in [0.25, 0.3) is 0 Å². The van der Waals surface area contributed by atoms with Gasteiger partial charge in [-0.25, -0.2) is 4.79 Å². The van der Waals surface area contributed by atoms with E-state index in [1.165, 1.54) is 0 Å². The molecular weight excluding hydrogens is 326 g/mol. The van der Waals surface area contributed by atoms with Crippen LogP contribution in [0.2, 0.25) is 0 Å². The largest absolute Gasteiger partial charge is 0.491 e. The molecule has 4 amide bonds. The summed E-state index contributed by atoms with van der Waals surface area (Å²) < 4.78 is 11.1. The minimum atomic E-state index is -0.424. The lowest BCUT2D eigenvalue weighted by atomic mass is 10.2. The molecule has 2 aliphatic heterocycles. The van der Waals surface area contributed by atoms with Crippen molar-refractivity contribution in [3.8, 4) is 5.75 Å². The van der Waals surface area contributed by atoms with Gasteiger partial charge in [-0.15, -0.1) is 0 Å². The highest BCUT2D eigenvalue weighted by molar-refractivity contribution is 6.02. The number of benzene rings is 1. The number of nitrogens with one attached hydrogen (secondary N) is 2. The third-order valence-electron chi connectivity index (χ3n) is 4.13. The van der Waals surface area contributed by atoms with E-state index in [0.29, 0.717) is 17.9 Å². The Morgan fingerprint density at radius 2 is 2.12 bits per heavy atom. The Bertz CT molecular complexity index is 624. The van der Waals surface area contributed by atoms with Gasteiger partial charge in [-0.2, -0.15) is 0 Å². The summed E-state index contributed by atoms with van der Waals surface area (Å²) >= 11 is 0. The summed E-state index contributed by atoms with van der Waals surface area (Å²) in [7, 11) is 0. The van der Waals surface area contributed by atoms with Crippen molar-refractivity contribution < 1.29 is 23.9 Å². The third kappa shape index (κ3) is 4.48. The van der Waals surface area contributed by atoms with Gasteiger partial charge < -0.3 is 20.1 Å². The topological polar surface area (TPSA) is 97.0 Å². The molecule has 1 atom stereocenters. The molecule has 0 spiro atoms. The highest BCUT2D eigenvalue weighted by Gasteiger charge is 2.27. The lowest BCUT2D eigenvalue weighted by Gasteiger charge is -2.13. The third-order valence-corrected chi connectivity index (χ3v) is 4.13. The fourth-order valence-corrected chi connectivity index (χ4v) is 2.73. The van der Waals surface area contributed by atoms with Crippen molar-refractivity contribution in [1.82, 2.24) is 15.5 Å². The predicted molar refractivity (Wildman–Crippen MR) is 88.4 cm³/mol. The minimum absolute atomic E-state index is 0.0140. The molecule has 8 heteroatoms. The molecular formula is C17H21N3O5. The minimum Gasteiger partial charge on any atom is -0.491 e. The van der Waals surface area contributed by atoms with Crippen molar-refractivity contribution in [1.29, 1.82) is 0 Å². The van der Waals surface area contributed by atoms with E-state index in [2.05, 4.69) is 10.6 Å². The number of hydrogen-bond acceptors (Lipinski definition) is 5. The predicted octanol–water partition coefficient (Wildman–Crippen LogP) is 0.526. The molecule has 25 heavy (non-hydrogen) atoms. The highest BCUT2D eigenvalue weighted by atomic mass is 16.5. The molecule has 8 nitrogen and oxygen atoms in total. The average molecular weight is 347 g/mol. The summed E-state index contributed by atoms with van der Waals surface area (Å²) in [5.74, 6) is 0.135. The summed E-state index contributed by atoms with van der Waals surface area (Å²) in [6.07, 6.45) is 2.23. The number of carbonyl (C=O) groups excluding carboxylic acids is 3. The second kappa shape index (κ2) is 7.98. The standard InChI is InChI=1S/C17H21N3O5/c21-15-10-19-17(23)20(15)8-7-18-16(22)12-3-5-13(6-4-12)25-11-14-2-1-9-24-14/h3-6,14H,1-2,7-11H2,(H,18,22)(H,19,23)/t14-/m1/s1. The van der Waals surface area contributed by atoms with Crippen molar-refractivity contribution in [3.63, 3.8) is 0 Å². The van der Waals surface area contributed by atoms with Crippen molar-refractivity contribution in [2.45, 2.75) is 18.9 Å². The fraction of sp³-hybridized carbons (Fsp3) is 0.471. The Labute approximate surface area is 145 Å². The molecule has 0 radical (unpaired) electrons. The Hall–Kier alpha value is -2.61. The summed E-state index contributed by atoms with van der Waals surface area (Å²) in [6.45, 7) is 1.67.